The summed E-state index contributed by atoms with van der Waals surface area (Å²) in [5.74, 6) is -2.22. The van der Waals surface area contributed by atoms with Crippen LogP contribution in [0.5, 0.6) is 5.88 Å². The van der Waals surface area contributed by atoms with Crippen LogP contribution in [0.1, 0.15) is 16.1 Å². The van der Waals surface area contributed by atoms with Crippen molar-refractivity contribution in [3.63, 3.8) is 0 Å². The van der Waals surface area contributed by atoms with Crippen LogP contribution in [0.25, 0.3) is 11.0 Å². The summed E-state index contributed by atoms with van der Waals surface area (Å²) in [6.07, 6.45) is 0. The van der Waals surface area contributed by atoms with E-state index in [1.807, 2.05) is 0 Å². The first-order chi connectivity index (χ1) is 8.47. The quantitative estimate of drug-likeness (QED) is 0.678. The molecule has 0 unspecified atom stereocenters. The number of carbonyl (C=O) groups is 1. The zero-order chi connectivity index (χ0) is 13.3. The highest BCUT2D eigenvalue weighted by molar-refractivity contribution is 7.71. The highest BCUT2D eigenvalue weighted by Crippen LogP contribution is 2.19. The molecule has 0 amide bonds. The van der Waals surface area contributed by atoms with Gasteiger partial charge in [-0.25, -0.2) is 23.2 Å². The third-order valence-corrected chi connectivity index (χ3v) is 2.85. The third-order valence-electron chi connectivity index (χ3n) is 2.22. The Morgan fingerprint density at radius 1 is 1.22 bits per heavy atom. The number of aromatic hydroxyl groups is 1. The fourth-order valence-corrected chi connectivity index (χ4v) is 1.98. The lowest BCUT2D eigenvalue weighted by Crippen LogP contribution is -2.03. The Morgan fingerprint density at radius 3 is 2.56 bits per heavy atom. The first-order valence-corrected chi connectivity index (χ1v) is 6.18. The predicted octanol–water partition coefficient (Wildman–Crippen LogP) is 0.145. The molecule has 94 valence electrons. The van der Waals surface area contributed by atoms with E-state index in [9.17, 15) is 18.3 Å². The van der Waals surface area contributed by atoms with Gasteiger partial charge in [0, 0.05) is 0 Å². The number of rotatable bonds is 3. The second-order valence-corrected chi connectivity index (χ2v) is 4.50. The molecule has 18 heavy (non-hydrogen) atoms. The fraction of sp³-hybridized carbons (Fsp3) is 0.100. The molecule has 1 heterocycles. The summed E-state index contributed by atoms with van der Waals surface area (Å²) in [4.78, 5) is 18.1. The zero-order valence-electron chi connectivity index (χ0n) is 8.90. The van der Waals surface area contributed by atoms with Crippen LogP contribution in [0.3, 0.4) is 0 Å². The van der Waals surface area contributed by atoms with E-state index in [0.717, 1.165) is 0 Å². The second-order valence-electron chi connectivity index (χ2n) is 3.51. The standard InChI is InChI=1S/C10H8N2O5S/c13-9-8(10(14)15)11-6-2-1-5(4-18(16)17)3-7(6)12-9/h1-3,18H,4H2,(H,12,13)(H,14,15). The summed E-state index contributed by atoms with van der Waals surface area (Å²) in [5.41, 5.74) is 0.475. The maximum absolute atomic E-state index is 10.7. The minimum Gasteiger partial charge on any atom is -0.492 e. The van der Waals surface area contributed by atoms with Crippen molar-refractivity contribution in [2.24, 2.45) is 0 Å². The molecule has 0 aliphatic carbocycles. The Hall–Kier alpha value is -2.22. The monoisotopic (exact) mass is 268 g/mol. The van der Waals surface area contributed by atoms with Gasteiger partial charge in [0.1, 0.15) is 10.7 Å². The number of carboxylic acid groups (broad SMARTS) is 1. The van der Waals surface area contributed by atoms with Crippen molar-refractivity contribution in [1.29, 1.82) is 0 Å². The number of fused-ring (bicyclic) bond motifs is 1. The predicted molar refractivity (Wildman–Crippen MR) is 62.2 cm³/mol. The van der Waals surface area contributed by atoms with Crippen molar-refractivity contribution >= 4 is 27.7 Å². The lowest BCUT2D eigenvalue weighted by molar-refractivity contribution is 0.0686. The van der Waals surface area contributed by atoms with E-state index in [1.165, 1.54) is 18.2 Å². The number of nitrogens with zero attached hydrogens (tertiary/aromatic N) is 2. The molecule has 2 rings (SSSR count). The number of aromatic carboxylic acids is 1. The topological polar surface area (TPSA) is 117 Å². The van der Waals surface area contributed by atoms with Gasteiger partial charge in [-0.05, 0) is 17.7 Å². The highest BCUT2D eigenvalue weighted by atomic mass is 32.2. The number of thiol groups is 1. The van der Waals surface area contributed by atoms with Crippen molar-refractivity contribution in [2.75, 3.05) is 0 Å². The molecule has 0 atom stereocenters. The van der Waals surface area contributed by atoms with Gasteiger partial charge >= 0.3 is 5.97 Å². The van der Waals surface area contributed by atoms with Crippen LogP contribution >= 0.6 is 0 Å². The number of carboxylic acids is 1. The van der Waals surface area contributed by atoms with Gasteiger partial charge in [-0.3, -0.25) is 0 Å². The van der Waals surface area contributed by atoms with Gasteiger partial charge in [0.25, 0.3) is 0 Å². The number of hydrogen-bond donors (Lipinski definition) is 3. The Labute approximate surface area is 103 Å². The minimum absolute atomic E-state index is 0.144. The average molecular weight is 268 g/mol. The van der Waals surface area contributed by atoms with Crippen LogP contribution in [0.4, 0.5) is 0 Å². The highest BCUT2D eigenvalue weighted by Gasteiger charge is 2.14. The van der Waals surface area contributed by atoms with Crippen LogP contribution in [0, 0.1) is 0 Å². The summed E-state index contributed by atoms with van der Waals surface area (Å²) in [5, 5.41) is 18.1. The smallest absolute Gasteiger partial charge is 0.360 e. The average Bonchev–Trinajstić information content (AvgIpc) is 2.26. The SMILES string of the molecule is O=C(O)c1nc2ccc(C[SH](=O)=O)cc2nc1O. The molecule has 7 nitrogen and oxygen atoms in total. The van der Waals surface area contributed by atoms with Crippen molar-refractivity contribution in [3.8, 4) is 5.88 Å². The van der Waals surface area contributed by atoms with Crippen molar-refractivity contribution in [3.05, 3.63) is 29.5 Å². The molecule has 0 saturated heterocycles. The van der Waals surface area contributed by atoms with E-state index >= 15 is 0 Å². The summed E-state index contributed by atoms with van der Waals surface area (Å²) in [6, 6.07) is 4.42. The van der Waals surface area contributed by atoms with Crippen molar-refractivity contribution < 1.29 is 23.4 Å². The fourth-order valence-electron chi connectivity index (χ4n) is 1.48. The van der Waals surface area contributed by atoms with Gasteiger partial charge in [0.05, 0.1) is 16.8 Å². The van der Waals surface area contributed by atoms with Crippen LogP contribution in [-0.2, 0) is 16.5 Å². The van der Waals surface area contributed by atoms with Crippen LogP contribution in [0.15, 0.2) is 18.2 Å². The lowest BCUT2D eigenvalue weighted by Gasteiger charge is -2.02. The molecule has 0 aliphatic rings. The van der Waals surface area contributed by atoms with Gasteiger partial charge < -0.3 is 10.2 Å². The van der Waals surface area contributed by atoms with Gasteiger partial charge in [-0.15, -0.1) is 0 Å². The number of benzene rings is 1. The molecule has 2 aromatic rings. The Balaban J connectivity index is 2.58. The minimum atomic E-state index is -2.56. The molecular weight excluding hydrogens is 260 g/mol. The van der Waals surface area contributed by atoms with Gasteiger partial charge in [0.15, 0.2) is 0 Å². The molecule has 1 aromatic carbocycles. The van der Waals surface area contributed by atoms with E-state index < -0.39 is 28.2 Å². The maximum Gasteiger partial charge on any atom is 0.360 e. The molecule has 8 heteroatoms. The first kappa shape index (κ1) is 12.2. The number of aromatic nitrogens is 2. The Morgan fingerprint density at radius 2 is 1.94 bits per heavy atom. The normalized spacial score (nSPS) is 10.9. The zero-order valence-corrected chi connectivity index (χ0v) is 9.79. The van der Waals surface area contributed by atoms with Crippen LogP contribution in [0.2, 0.25) is 0 Å². The summed E-state index contributed by atoms with van der Waals surface area (Å²) in [7, 11) is -2.56. The molecule has 0 saturated carbocycles. The molecule has 1 aromatic heterocycles. The van der Waals surface area contributed by atoms with Crippen LogP contribution < -0.4 is 0 Å². The summed E-state index contributed by atoms with van der Waals surface area (Å²) >= 11 is 0. The van der Waals surface area contributed by atoms with E-state index in [0.29, 0.717) is 5.56 Å². The molecule has 0 spiro atoms. The third kappa shape index (κ3) is 2.38. The lowest BCUT2D eigenvalue weighted by atomic mass is 10.2. The van der Waals surface area contributed by atoms with Crippen molar-refractivity contribution in [2.45, 2.75) is 5.75 Å². The molecular formula is C10H8N2O5S. The van der Waals surface area contributed by atoms with E-state index in [1.54, 1.807) is 0 Å². The maximum atomic E-state index is 10.7. The largest absolute Gasteiger partial charge is 0.492 e. The molecule has 2 N–H and O–H groups in total. The van der Waals surface area contributed by atoms with Crippen molar-refractivity contribution in [1.82, 2.24) is 9.97 Å². The van der Waals surface area contributed by atoms with Gasteiger partial charge in [-0.2, -0.15) is 0 Å². The van der Waals surface area contributed by atoms with E-state index in [2.05, 4.69) is 9.97 Å². The molecule has 0 bridgehead atoms. The van der Waals surface area contributed by atoms with Gasteiger partial charge in [-0.1, -0.05) is 6.07 Å². The summed E-state index contributed by atoms with van der Waals surface area (Å²) < 4.78 is 21.2. The molecule has 0 fully saturated rings. The first-order valence-electron chi connectivity index (χ1n) is 4.82. The van der Waals surface area contributed by atoms with Gasteiger partial charge in [0.2, 0.25) is 11.6 Å². The Bertz CT molecular complexity index is 703. The Kier molecular flexibility index (Phi) is 3.11. The summed E-state index contributed by atoms with van der Waals surface area (Å²) in [6.45, 7) is 0. The molecule has 0 radical (unpaired) electrons. The van der Waals surface area contributed by atoms with E-state index in [4.69, 9.17) is 5.11 Å². The number of hydrogen-bond acceptors (Lipinski definition) is 6. The second kappa shape index (κ2) is 4.57. The van der Waals surface area contributed by atoms with Crippen LogP contribution in [-0.4, -0.2) is 34.6 Å². The molecule has 0 aliphatic heterocycles. The van der Waals surface area contributed by atoms with E-state index in [-0.39, 0.29) is 16.8 Å².